The van der Waals surface area contributed by atoms with Gasteiger partial charge in [0.1, 0.15) is 10.7 Å². The molecule has 0 fully saturated rings. The molecule has 0 aliphatic carbocycles. The number of aromatic amines is 1. The molecule has 9 nitrogen and oxygen atoms in total. The summed E-state index contributed by atoms with van der Waals surface area (Å²) in [7, 11) is -4.83. The number of tetrazole rings is 1. The van der Waals surface area contributed by atoms with E-state index in [-0.39, 0.29) is 17.2 Å². The van der Waals surface area contributed by atoms with Gasteiger partial charge >= 0.3 is 6.18 Å². The Labute approximate surface area is 167 Å². The van der Waals surface area contributed by atoms with Crippen molar-refractivity contribution in [3.05, 3.63) is 48.0 Å². The highest BCUT2D eigenvalue weighted by Gasteiger charge is 2.39. The number of H-pyrrole nitrogens is 1. The van der Waals surface area contributed by atoms with Crippen LogP contribution in [0.1, 0.15) is 5.56 Å². The zero-order valence-electron chi connectivity index (χ0n) is 14.8. The first-order valence-corrected chi connectivity index (χ1v) is 9.78. The third-order valence-electron chi connectivity index (χ3n) is 4.34. The van der Waals surface area contributed by atoms with Gasteiger partial charge in [-0.2, -0.15) is 18.4 Å². The van der Waals surface area contributed by atoms with Gasteiger partial charge in [0.15, 0.2) is 0 Å². The Morgan fingerprint density at radius 3 is 2.40 bits per heavy atom. The number of nitrogen functional groups attached to an aromatic ring is 1. The second-order valence-corrected chi connectivity index (χ2v) is 7.78. The maximum Gasteiger partial charge on any atom is 0.417 e. The zero-order valence-corrected chi connectivity index (χ0v) is 15.7. The Morgan fingerprint density at radius 1 is 1.03 bits per heavy atom. The quantitative estimate of drug-likeness (QED) is 0.446. The minimum Gasteiger partial charge on any atom is -0.384 e. The lowest BCUT2D eigenvalue weighted by Crippen LogP contribution is -2.21. The SMILES string of the molecule is Nc1ccc2ccc(-c3ccc(C(F)(F)F)c(S(N)(=O)=O)c3-c3nn[nH]n3)cc2n1. The van der Waals surface area contributed by atoms with Crippen LogP contribution in [0.15, 0.2) is 47.4 Å². The van der Waals surface area contributed by atoms with E-state index in [1.54, 1.807) is 30.3 Å². The first-order valence-electron chi connectivity index (χ1n) is 8.23. The lowest BCUT2D eigenvalue weighted by molar-refractivity contribution is -0.139. The van der Waals surface area contributed by atoms with E-state index in [0.717, 1.165) is 11.5 Å². The van der Waals surface area contributed by atoms with Crippen molar-refractivity contribution in [1.29, 1.82) is 0 Å². The molecule has 154 valence electrons. The molecule has 0 spiro atoms. The van der Waals surface area contributed by atoms with Crippen LogP contribution in [0.25, 0.3) is 33.4 Å². The van der Waals surface area contributed by atoms with Gasteiger partial charge in [0.2, 0.25) is 15.8 Å². The highest BCUT2D eigenvalue weighted by atomic mass is 32.2. The van der Waals surface area contributed by atoms with E-state index in [0.29, 0.717) is 17.1 Å². The van der Waals surface area contributed by atoms with Crippen molar-refractivity contribution in [2.45, 2.75) is 11.1 Å². The highest BCUT2D eigenvalue weighted by molar-refractivity contribution is 7.89. The summed E-state index contributed by atoms with van der Waals surface area (Å²) in [6.07, 6.45) is -4.99. The van der Waals surface area contributed by atoms with Crippen molar-refractivity contribution >= 4 is 26.7 Å². The Balaban J connectivity index is 2.11. The standard InChI is InChI=1S/C17H12F3N7O2S/c18-17(19,20)11-5-4-10(9-2-1-8-3-6-13(21)23-12(8)7-9)14(15(11)30(22,28)29)16-24-26-27-25-16/h1-7H,(H2,21,23)(H2,22,28,29)(H,24,25,26,27). The molecule has 4 aromatic rings. The molecule has 2 heterocycles. The monoisotopic (exact) mass is 435 g/mol. The predicted molar refractivity (Wildman–Crippen MR) is 101 cm³/mol. The van der Waals surface area contributed by atoms with Crippen LogP contribution in [0.5, 0.6) is 0 Å². The van der Waals surface area contributed by atoms with E-state index in [4.69, 9.17) is 10.9 Å². The van der Waals surface area contributed by atoms with Gasteiger partial charge in [0, 0.05) is 5.39 Å². The Morgan fingerprint density at radius 2 is 1.77 bits per heavy atom. The zero-order chi connectivity index (χ0) is 21.7. The number of alkyl halides is 3. The van der Waals surface area contributed by atoms with Gasteiger partial charge in [-0.3, -0.25) is 0 Å². The van der Waals surface area contributed by atoms with Crippen LogP contribution < -0.4 is 10.9 Å². The number of halogens is 3. The van der Waals surface area contributed by atoms with Crippen LogP contribution in [0, 0.1) is 0 Å². The van der Waals surface area contributed by atoms with E-state index in [1.807, 2.05) is 0 Å². The lowest BCUT2D eigenvalue weighted by atomic mass is 9.95. The Hall–Kier alpha value is -3.58. The maximum atomic E-state index is 13.6. The van der Waals surface area contributed by atoms with E-state index in [2.05, 4.69) is 25.6 Å². The number of fused-ring (bicyclic) bond motifs is 1. The van der Waals surface area contributed by atoms with Gasteiger partial charge < -0.3 is 5.73 Å². The number of sulfonamides is 1. The molecular formula is C17H12F3N7O2S. The topological polar surface area (TPSA) is 154 Å². The fraction of sp³-hybridized carbons (Fsp3) is 0.0588. The Kier molecular flexibility index (Phi) is 4.43. The van der Waals surface area contributed by atoms with E-state index < -0.39 is 32.2 Å². The summed E-state index contributed by atoms with van der Waals surface area (Å²) in [6.45, 7) is 0. The molecule has 0 bridgehead atoms. The molecule has 2 aromatic heterocycles. The van der Waals surface area contributed by atoms with Crippen molar-refractivity contribution in [2.24, 2.45) is 5.14 Å². The van der Waals surface area contributed by atoms with Crippen molar-refractivity contribution in [3.63, 3.8) is 0 Å². The summed E-state index contributed by atoms with van der Waals surface area (Å²) < 4.78 is 65.2. The smallest absolute Gasteiger partial charge is 0.384 e. The minimum absolute atomic E-state index is 0.0968. The van der Waals surface area contributed by atoms with E-state index in [1.165, 1.54) is 0 Å². The molecule has 0 amide bonds. The summed E-state index contributed by atoms with van der Waals surface area (Å²) in [5.41, 5.74) is 4.76. The number of benzene rings is 2. The molecule has 13 heteroatoms. The third kappa shape index (κ3) is 3.44. The first kappa shape index (κ1) is 19.7. The van der Waals surface area contributed by atoms with Crippen LogP contribution in [0.2, 0.25) is 0 Å². The summed E-state index contributed by atoms with van der Waals surface area (Å²) >= 11 is 0. The number of primary sulfonamides is 1. The number of pyridine rings is 1. The molecule has 0 aliphatic heterocycles. The van der Waals surface area contributed by atoms with Crippen LogP contribution in [-0.2, 0) is 16.2 Å². The van der Waals surface area contributed by atoms with Crippen molar-refractivity contribution < 1.29 is 21.6 Å². The number of nitrogens with two attached hydrogens (primary N) is 2. The van der Waals surface area contributed by atoms with Gasteiger partial charge in [0.25, 0.3) is 0 Å². The molecule has 30 heavy (non-hydrogen) atoms. The number of aromatic nitrogens is 5. The van der Waals surface area contributed by atoms with E-state index in [9.17, 15) is 21.6 Å². The molecule has 0 radical (unpaired) electrons. The fourth-order valence-electron chi connectivity index (χ4n) is 3.13. The second-order valence-electron chi connectivity index (χ2n) is 6.29. The second kappa shape index (κ2) is 6.74. The van der Waals surface area contributed by atoms with Crippen LogP contribution in [0.4, 0.5) is 19.0 Å². The molecule has 0 atom stereocenters. The number of anilines is 1. The molecule has 4 rings (SSSR count). The average molecular weight is 435 g/mol. The number of hydrogen-bond acceptors (Lipinski definition) is 7. The molecule has 0 aliphatic rings. The van der Waals surface area contributed by atoms with Crippen LogP contribution >= 0.6 is 0 Å². The predicted octanol–water partition coefficient (Wildman–Crippen LogP) is 2.33. The first-order chi connectivity index (χ1) is 14.1. The number of rotatable bonds is 3. The number of hydrogen-bond donors (Lipinski definition) is 3. The van der Waals surface area contributed by atoms with E-state index >= 15 is 0 Å². The highest BCUT2D eigenvalue weighted by Crippen LogP contribution is 2.43. The van der Waals surface area contributed by atoms with Gasteiger partial charge in [-0.1, -0.05) is 18.2 Å². The average Bonchev–Trinajstić information content (AvgIpc) is 3.19. The van der Waals surface area contributed by atoms with Gasteiger partial charge in [-0.05, 0) is 40.6 Å². The van der Waals surface area contributed by atoms with Gasteiger partial charge in [-0.15, -0.1) is 10.2 Å². The van der Waals surface area contributed by atoms with Crippen LogP contribution in [-0.4, -0.2) is 34.0 Å². The van der Waals surface area contributed by atoms with Gasteiger partial charge in [0.05, 0.1) is 16.6 Å². The molecule has 0 saturated carbocycles. The Bertz CT molecular complexity index is 1370. The molecule has 5 N–H and O–H groups in total. The summed E-state index contributed by atoms with van der Waals surface area (Å²) in [6, 6.07) is 9.93. The molecule has 0 saturated heterocycles. The van der Waals surface area contributed by atoms with Crippen molar-refractivity contribution in [3.8, 4) is 22.5 Å². The normalized spacial score (nSPS) is 12.4. The largest absolute Gasteiger partial charge is 0.417 e. The molecule has 2 aromatic carbocycles. The van der Waals surface area contributed by atoms with Crippen molar-refractivity contribution in [1.82, 2.24) is 25.6 Å². The maximum absolute atomic E-state index is 13.6. The van der Waals surface area contributed by atoms with Crippen molar-refractivity contribution in [2.75, 3.05) is 5.73 Å². The fourth-order valence-corrected chi connectivity index (χ4v) is 4.11. The summed E-state index contributed by atoms with van der Waals surface area (Å²) in [4.78, 5) is 3.04. The number of nitrogens with zero attached hydrogens (tertiary/aromatic N) is 4. The van der Waals surface area contributed by atoms with Crippen LogP contribution in [0.3, 0.4) is 0 Å². The number of nitrogens with one attached hydrogen (secondary N) is 1. The summed E-state index contributed by atoms with van der Waals surface area (Å²) in [5, 5.41) is 18.7. The molecule has 0 unspecified atom stereocenters. The van der Waals surface area contributed by atoms with Gasteiger partial charge in [-0.25, -0.2) is 18.5 Å². The minimum atomic E-state index is -4.99. The molecular weight excluding hydrogens is 423 g/mol. The lowest BCUT2D eigenvalue weighted by Gasteiger charge is -2.17. The third-order valence-corrected chi connectivity index (χ3v) is 5.33. The summed E-state index contributed by atoms with van der Waals surface area (Å²) in [5.74, 6) is -0.114.